The molecule has 0 aliphatic rings. The second-order valence-corrected chi connectivity index (χ2v) is 3.36. The molecule has 3 nitrogen and oxygen atoms in total. The van der Waals surface area contributed by atoms with Gasteiger partial charge in [-0.3, -0.25) is 0 Å². The predicted molar refractivity (Wildman–Crippen MR) is 61.2 cm³/mol. The minimum Gasteiger partial charge on any atom is -0.320 e. The van der Waals surface area contributed by atoms with Gasteiger partial charge in [0.25, 0.3) is 0 Å². The van der Waals surface area contributed by atoms with Crippen molar-refractivity contribution in [1.29, 1.82) is 0 Å². The first-order chi connectivity index (χ1) is 6.16. The maximum Gasteiger partial charge on any atom is 0.141 e. The molecule has 1 aromatic heterocycles. The molecule has 76 valence electrons. The first-order valence-corrected chi connectivity index (χ1v) is 5.60. The lowest BCUT2D eigenvalue weighted by atomic mass is 10.5. The molecule has 0 amide bonds. The zero-order chi connectivity index (χ0) is 10.4. The molecule has 0 spiro atoms. The Hall–Kier alpha value is -0.640. The molecule has 13 heavy (non-hydrogen) atoms. The Morgan fingerprint density at radius 1 is 1.46 bits per heavy atom. The molecule has 0 unspecified atom stereocenters. The number of hydrogen-bond donors (Lipinski definition) is 0. The van der Waals surface area contributed by atoms with Crippen molar-refractivity contribution in [3.63, 3.8) is 0 Å². The summed E-state index contributed by atoms with van der Waals surface area (Å²) in [6.45, 7) is 6.02. The normalized spacial score (nSPS) is 9.08. The lowest BCUT2D eigenvalue weighted by molar-refractivity contribution is 0.905. The average Bonchev–Trinajstić information content (AvgIpc) is 2.49. The quantitative estimate of drug-likeness (QED) is 0.686. The van der Waals surface area contributed by atoms with E-state index in [1.165, 1.54) is 0 Å². The van der Waals surface area contributed by atoms with E-state index in [1.807, 2.05) is 52.0 Å². The fourth-order valence-electron chi connectivity index (χ4n) is 1.08. The fourth-order valence-corrected chi connectivity index (χ4v) is 1.51. The molecule has 0 N–H and O–H groups in total. The first-order valence-electron chi connectivity index (χ1n) is 4.42. The number of aryl methyl sites for hydroxylation is 2. The third-order valence-electron chi connectivity index (χ3n) is 1.65. The fraction of sp³-hybridized carbons (Fsp3) is 0.667. The van der Waals surface area contributed by atoms with E-state index >= 15 is 0 Å². The van der Waals surface area contributed by atoms with E-state index in [1.54, 1.807) is 11.9 Å². The van der Waals surface area contributed by atoms with Crippen LogP contribution in [0.4, 0.5) is 5.82 Å². The Morgan fingerprint density at radius 2 is 2.00 bits per heavy atom. The van der Waals surface area contributed by atoms with Crippen molar-refractivity contribution in [2.24, 2.45) is 7.05 Å². The van der Waals surface area contributed by atoms with Crippen molar-refractivity contribution >= 4 is 17.8 Å². The number of hydrogen-bond acceptors (Lipinski definition) is 3. The van der Waals surface area contributed by atoms with Crippen molar-refractivity contribution in [2.45, 2.75) is 20.8 Å². The third kappa shape index (κ3) is 2.95. The zero-order valence-electron chi connectivity index (χ0n) is 9.33. The van der Waals surface area contributed by atoms with Gasteiger partial charge in [-0.25, -0.2) is 4.98 Å². The molecule has 0 aliphatic carbocycles. The molecule has 0 fully saturated rings. The Morgan fingerprint density at radius 3 is 2.31 bits per heavy atom. The van der Waals surface area contributed by atoms with Crippen LogP contribution < -0.4 is 4.31 Å². The highest BCUT2D eigenvalue weighted by atomic mass is 32.2. The van der Waals surface area contributed by atoms with E-state index in [0.717, 1.165) is 11.5 Å². The molecule has 1 heterocycles. The van der Waals surface area contributed by atoms with Gasteiger partial charge in [0.2, 0.25) is 0 Å². The highest BCUT2D eigenvalue weighted by Gasteiger charge is 2.07. The number of imidazole rings is 1. The lowest BCUT2D eigenvalue weighted by Gasteiger charge is -2.15. The summed E-state index contributed by atoms with van der Waals surface area (Å²) >= 11 is 1.68. The van der Waals surface area contributed by atoms with Crippen LogP contribution in [0.3, 0.4) is 0 Å². The lowest BCUT2D eigenvalue weighted by Crippen LogP contribution is -2.10. The van der Waals surface area contributed by atoms with Gasteiger partial charge in [0, 0.05) is 20.4 Å². The second kappa shape index (κ2) is 5.91. The van der Waals surface area contributed by atoms with E-state index in [4.69, 9.17) is 0 Å². The number of nitrogens with zero attached hydrogens (tertiary/aromatic N) is 3. The summed E-state index contributed by atoms with van der Waals surface area (Å²) in [5.74, 6) is 1.16. The summed E-state index contributed by atoms with van der Waals surface area (Å²) in [5, 5.41) is 0. The van der Waals surface area contributed by atoms with Gasteiger partial charge in [-0.05, 0) is 6.92 Å². The van der Waals surface area contributed by atoms with Crippen LogP contribution in [0.1, 0.15) is 19.5 Å². The predicted octanol–water partition coefficient (Wildman–Crippen LogP) is 2.47. The van der Waals surface area contributed by atoms with Crippen LogP contribution in [0, 0.1) is 6.92 Å². The van der Waals surface area contributed by atoms with Gasteiger partial charge in [0.05, 0.1) is 12.0 Å². The topological polar surface area (TPSA) is 21.1 Å². The van der Waals surface area contributed by atoms with E-state index in [0.29, 0.717) is 0 Å². The van der Waals surface area contributed by atoms with Crippen molar-refractivity contribution in [2.75, 3.05) is 17.6 Å². The van der Waals surface area contributed by atoms with Crippen LogP contribution in [0.25, 0.3) is 0 Å². The Bertz CT molecular complexity index is 226. The molecule has 0 saturated heterocycles. The largest absolute Gasteiger partial charge is 0.320 e. The zero-order valence-corrected chi connectivity index (χ0v) is 10.1. The molecule has 1 rings (SSSR count). The van der Waals surface area contributed by atoms with E-state index in [-0.39, 0.29) is 0 Å². The van der Waals surface area contributed by atoms with Crippen molar-refractivity contribution < 1.29 is 0 Å². The van der Waals surface area contributed by atoms with Gasteiger partial charge in [0.15, 0.2) is 0 Å². The van der Waals surface area contributed by atoms with Crippen LogP contribution >= 0.6 is 11.9 Å². The Kier molecular flexibility index (Phi) is 5.62. The molecule has 0 atom stereocenters. The van der Waals surface area contributed by atoms with Gasteiger partial charge < -0.3 is 8.87 Å². The van der Waals surface area contributed by atoms with Crippen LogP contribution in [0.15, 0.2) is 6.33 Å². The summed E-state index contributed by atoms with van der Waals surface area (Å²) < 4.78 is 4.12. The minimum absolute atomic E-state index is 1.07. The van der Waals surface area contributed by atoms with E-state index in [9.17, 15) is 0 Å². The van der Waals surface area contributed by atoms with Crippen LogP contribution in [0.2, 0.25) is 0 Å². The summed E-state index contributed by atoms with van der Waals surface area (Å²) in [4.78, 5) is 4.19. The molecule has 4 heteroatoms. The average molecular weight is 201 g/mol. The van der Waals surface area contributed by atoms with Crippen molar-refractivity contribution in [1.82, 2.24) is 9.55 Å². The molecular weight excluding hydrogens is 182 g/mol. The van der Waals surface area contributed by atoms with Gasteiger partial charge in [-0.1, -0.05) is 25.8 Å². The van der Waals surface area contributed by atoms with Gasteiger partial charge in [0.1, 0.15) is 5.82 Å². The van der Waals surface area contributed by atoms with E-state index in [2.05, 4.69) is 9.29 Å². The monoisotopic (exact) mass is 201 g/mol. The SMILES string of the molecule is CC.CSN(C)c1c(C)ncn1C. The highest BCUT2D eigenvalue weighted by Crippen LogP contribution is 2.20. The summed E-state index contributed by atoms with van der Waals surface area (Å²) in [7, 11) is 4.04. The molecule has 0 saturated carbocycles. The summed E-state index contributed by atoms with van der Waals surface area (Å²) in [6.07, 6.45) is 3.88. The standard InChI is InChI=1S/C7H13N3S.C2H6/c1-6-7(10(3)11-4)9(2)5-8-6;1-2/h5H,1-4H3;1-2H3. The van der Waals surface area contributed by atoms with Gasteiger partial charge in [-0.15, -0.1) is 0 Å². The molecule has 0 aliphatic heterocycles. The number of rotatable bonds is 2. The molecular formula is C9H19N3S. The molecule has 0 aromatic carbocycles. The maximum atomic E-state index is 4.19. The molecule has 0 radical (unpaired) electrons. The van der Waals surface area contributed by atoms with Crippen LogP contribution in [-0.2, 0) is 7.05 Å². The summed E-state index contributed by atoms with van der Waals surface area (Å²) in [5.41, 5.74) is 1.07. The summed E-state index contributed by atoms with van der Waals surface area (Å²) in [6, 6.07) is 0. The van der Waals surface area contributed by atoms with Gasteiger partial charge in [-0.2, -0.15) is 0 Å². The van der Waals surface area contributed by atoms with Crippen molar-refractivity contribution in [3.8, 4) is 0 Å². The highest BCUT2D eigenvalue weighted by molar-refractivity contribution is 7.99. The van der Waals surface area contributed by atoms with Crippen molar-refractivity contribution in [3.05, 3.63) is 12.0 Å². The first kappa shape index (κ1) is 12.4. The molecule has 1 aromatic rings. The Labute approximate surface area is 85.3 Å². The molecule has 0 bridgehead atoms. The van der Waals surface area contributed by atoms with Crippen LogP contribution in [-0.4, -0.2) is 22.9 Å². The van der Waals surface area contributed by atoms with E-state index < -0.39 is 0 Å². The van der Waals surface area contributed by atoms with Crippen LogP contribution in [0.5, 0.6) is 0 Å². The second-order valence-electron chi connectivity index (χ2n) is 2.44. The number of anilines is 1. The number of aromatic nitrogens is 2. The Balaban J connectivity index is 0.000000671. The smallest absolute Gasteiger partial charge is 0.141 e. The minimum atomic E-state index is 1.07. The third-order valence-corrected chi connectivity index (χ3v) is 2.38. The maximum absolute atomic E-state index is 4.19. The van der Waals surface area contributed by atoms with Gasteiger partial charge >= 0.3 is 0 Å².